The van der Waals surface area contributed by atoms with Crippen molar-refractivity contribution in [3.05, 3.63) is 17.5 Å². The van der Waals surface area contributed by atoms with Crippen LogP contribution in [0.2, 0.25) is 0 Å². The summed E-state index contributed by atoms with van der Waals surface area (Å²) < 4.78 is 13.2. The zero-order chi connectivity index (χ0) is 7.56. The molecule has 0 fully saturated rings. The van der Waals surface area contributed by atoms with Crippen molar-refractivity contribution in [3.63, 3.8) is 0 Å². The van der Waals surface area contributed by atoms with E-state index in [0.29, 0.717) is 0 Å². The highest BCUT2D eigenvalue weighted by Gasteiger charge is 2.03. The monoisotopic (exact) mass is 160 g/mol. The predicted octanol–water partition coefficient (Wildman–Crippen LogP) is 2.13. The van der Waals surface area contributed by atoms with Crippen LogP contribution in [0.4, 0.5) is 3.89 Å². The molecule has 0 radical (unpaired) electrons. The Balaban J connectivity index is 2.97. The second-order valence-corrected chi connectivity index (χ2v) is 2.53. The first-order valence-corrected chi connectivity index (χ1v) is 3.79. The molecule has 0 amide bonds. The largest absolute Gasteiger partial charge is 0.187 e. The Labute approximate surface area is 63.9 Å². The van der Waals surface area contributed by atoms with Gasteiger partial charge in [0.25, 0.3) is 0 Å². The minimum Gasteiger partial charge on any atom is -0.181 e. The van der Waals surface area contributed by atoms with Crippen molar-refractivity contribution in [2.24, 2.45) is 0 Å². The molecule has 1 heterocycles. The fraction of sp³-hybridized carbons (Fsp3) is 0.500. The molecule has 0 atom stereocenters. The first-order valence-electron chi connectivity index (χ1n) is 3.12. The van der Waals surface area contributed by atoms with Crippen LogP contribution in [0, 0.1) is 6.92 Å². The van der Waals surface area contributed by atoms with E-state index in [1.165, 1.54) is 4.09 Å². The molecule has 1 aromatic rings. The molecule has 0 N–H and O–H groups in total. The molecular formula is C6H9FN2S. The van der Waals surface area contributed by atoms with Crippen molar-refractivity contribution in [2.75, 3.05) is 0 Å². The maximum Gasteiger partial charge on any atom is 0.187 e. The zero-order valence-electron chi connectivity index (χ0n) is 5.97. The van der Waals surface area contributed by atoms with Crippen molar-refractivity contribution in [1.82, 2.24) is 9.19 Å². The van der Waals surface area contributed by atoms with Crippen LogP contribution >= 0.6 is 12.3 Å². The zero-order valence-corrected chi connectivity index (χ0v) is 6.78. The van der Waals surface area contributed by atoms with Gasteiger partial charge in [0.15, 0.2) is 12.3 Å². The molecule has 0 aliphatic rings. The van der Waals surface area contributed by atoms with E-state index >= 15 is 0 Å². The lowest BCUT2D eigenvalue weighted by atomic mass is 10.2. The van der Waals surface area contributed by atoms with Gasteiger partial charge in [-0.2, -0.15) is 9.19 Å². The SMILES string of the molecule is CCc1cnn(SF)c1C. The third kappa shape index (κ3) is 1.16. The van der Waals surface area contributed by atoms with Gasteiger partial charge in [0.2, 0.25) is 0 Å². The third-order valence-electron chi connectivity index (χ3n) is 1.52. The van der Waals surface area contributed by atoms with Crippen LogP contribution in [0.1, 0.15) is 18.2 Å². The summed E-state index contributed by atoms with van der Waals surface area (Å²) in [5, 5.41) is 3.81. The van der Waals surface area contributed by atoms with Crippen molar-refractivity contribution in [2.45, 2.75) is 20.3 Å². The molecule has 2 nitrogen and oxygen atoms in total. The smallest absolute Gasteiger partial charge is 0.181 e. The maximum atomic E-state index is 12.0. The first-order chi connectivity index (χ1) is 4.79. The number of nitrogens with zero attached hydrogens (tertiary/aromatic N) is 2. The highest BCUT2D eigenvalue weighted by molar-refractivity contribution is 7.92. The second kappa shape index (κ2) is 3.05. The molecule has 0 spiro atoms. The van der Waals surface area contributed by atoms with E-state index in [4.69, 9.17) is 0 Å². The van der Waals surface area contributed by atoms with E-state index in [1.54, 1.807) is 6.20 Å². The van der Waals surface area contributed by atoms with Gasteiger partial charge >= 0.3 is 0 Å². The summed E-state index contributed by atoms with van der Waals surface area (Å²) in [6, 6.07) is 0. The standard InChI is InChI=1S/C6H9FN2S/c1-3-6-4-8-9(10-7)5(6)2/h4H,3H2,1-2H3. The summed E-state index contributed by atoms with van der Waals surface area (Å²) in [5.74, 6) is 0. The van der Waals surface area contributed by atoms with E-state index < -0.39 is 0 Å². The predicted molar refractivity (Wildman–Crippen MR) is 40.4 cm³/mol. The lowest BCUT2D eigenvalue weighted by Gasteiger charge is -1.94. The fourth-order valence-corrected chi connectivity index (χ4v) is 1.15. The average Bonchev–Trinajstić information content (AvgIpc) is 2.30. The quantitative estimate of drug-likeness (QED) is 0.659. The van der Waals surface area contributed by atoms with Gasteiger partial charge in [-0.25, -0.2) is 0 Å². The van der Waals surface area contributed by atoms with E-state index in [1.807, 2.05) is 13.8 Å². The summed E-state index contributed by atoms with van der Waals surface area (Å²) >= 11 is 0.137. The first kappa shape index (κ1) is 7.60. The molecule has 10 heavy (non-hydrogen) atoms. The number of aromatic nitrogens is 2. The fourth-order valence-electron chi connectivity index (χ4n) is 0.842. The molecule has 0 saturated heterocycles. The van der Waals surface area contributed by atoms with Crippen LogP contribution in [-0.4, -0.2) is 9.19 Å². The molecule has 56 valence electrons. The molecular weight excluding hydrogens is 151 g/mol. The summed E-state index contributed by atoms with van der Waals surface area (Å²) in [5.41, 5.74) is 2.00. The average molecular weight is 160 g/mol. The Bertz CT molecular complexity index is 200. The molecule has 0 aliphatic carbocycles. The van der Waals surface area contributed by atoms with Crippen LogP contribution in [0.25, 0.3) is 0 Å². The molecule has 1 rings (SSSR count). The van der Waals surface area contributed by atoms with E-state index in [9.17, 15) is 3.89 Å². The summed E-state index contributed by atoms with van der Waals surface area (Å²) in [6.45, 7) is 3.88. The van der Waals surface area contributed by atoms with Gasteiger partial charge in [0, 0.05) is 0 Å². The number of aryl methyl sites for hydroxylation is 1. The highest BCUT2D eigenvalue weighted by atomic mass is 32.2. The van der Waals surface area contributed by atoms with Crippen molar-refractivity contribution >= 4 is 12.3 Å². The number of hydrogen-bond acceptors (Lipinski definition) is 2. The molecule has 0 unspecified atom stereocenters. The number of hydrogen-bond donors (Lipinski definition) is 0. The summed E-state index contributed by atoms with van der Waals surface area (Å²) in [4.78, 5) is 0. The normalized spacial score (nSPS) is 10.3. The maximum absolute atomic E-state index is 12.0. The molecule has 0 saturated carbocycles. The highest BCUT2D eigenvalue weighted by Crippen LogP contribution is 2.14. The Kier molecular flexibility index (Phi) is 2.32. The van der Waals surface area contributed by atoms with Gasteiger partial charge in [-0.05, 0) is 18.9 Å². The number of rotatable bonds is 2. The molecule has 4 heteroatoms. The minimum absolute atomic E-state index is 0.137. The topological polar surface area (TPSA) is 17.8 Å². The van der Waals surface area contributed by atoms with E-state index in [2.05, 4.69) is 5.10 Å². The van der Waals surface area contributed by atoms with Gasteiger partial charge in [0.05, 0.1) is 11.9 Å². The summed E-state index contributed by atoms with van der Waals surface area (Å²) in [7, 11) is 0. The third-order valence-corrected chi connectivity index (χ3v) is 2.02. The molecule has 0 aliphatic heterocycles. The molecule has 1 aromatic heterocycles. The Morgan fingerprint density at radius 2 is 2.50 bits per heavy atom. The van der Waals surface area contributed by atoms with Crippen LogP contribution in [0.5, 0.6) is 0 Å². The molecule has 0 aromatic carbocycles. The minimum atomic E-state index is 0.137. The van der Waals surface area contributed by atoms with Gasteiger partial charge in [-0.3, -0.25) is 0 Å². The number of halogens is 1. The van der Waals surface area contributed by atoms with Crippen LogP contribution in [0.15, 0.2) is 6.20 Å². The summed E-state index contributed by atoms with van der Waals surface area (Å²) in [6.07, 6.45) is 2.61. The van der Waals surface area contributed by atoms with Gasteiger partial charge < -0.3 is 0 Å². The Morgan fingerprint density at radius 3 is 2.80 bits per heavy atom. The van der Waals surface area contributed by atoms with Crippen molar-refractivity contribution < 1.29 is 3.89 Å². The van der Waals surface area contributed by atoms with Crippen LogP contribution < -0.4 is 0 Å². The Morgan fingerprint density at radius 1 is 1.80 bits per heavy atom. The Hall–Kier alpha value is -0.510. The van der Waals surface area contributed by atoms with Crippen molar-refractivity contribution in [1.29, 1.82) is 0 Å². The van der Waals surface area contributed by atoms with Gasteiger partial charge in [-0.1, -0.05) is 6.92 Å². The van der Waals surface area contributed by atoms with Crippen LogP contribution in [-0.2, 0) is 6.42 Å². The van der Waals surface area contributed by atoms with Crippen molar-refractivity contribution in [3.8, 4) is 0 Å². The lowest BCUT2D eigenvalue weighted by molar-refractivity contribution is 0.862. The second-order valence-electron chi connectivity index (χ2n) is 2.05. The van der Waals surface area contributed by atoms with E-state index in [0.717, 1.165) is 17.7 Å². The lowest BCUT2D eigenvalue weighted by Crippen LogP contribution is -1.89. The van der Waals surface area contributed by atoms with E-state index in [-0.39, 0.29) is 12.3 Å². The van der Waals surface area contributed by atoms with Crippen LogP contribution in [0.3, 0.4) is 0 Å². The molecule has 0 bridgehead atoms. The van der Waals surface area contributed by atoms with Gasteiger partial charge in [0.1, 0.15) is 0 Å². The van der Waals surface area contributed by atoms with Gasteiger partial charge in [-0.15, -0.1) is 3.89 Å².